The summed E-state index contributed by atoms with van der Waals surface area (Å²) < 4.78 is 5.91. The Labute approximate surface area is 136 Å². The van der Waals surface area contributed by atoms with Crippen LogP contribution in [-0.4, -0.2) is 35.2 Å². The number of nitrogens with zero attached hydrogens (tertiary/aromatic N) is 1. The maximum atomic E-state index is 12.0. The van der Waals surface area contributed by atoms with Gasteiger partial charge in [-0.15, -0.1) is 0 Å². The largest absolute Gasteiger partial charge is 0.490 e. The fourth-order valence-corrected chi connectivity index (χ4v) is 2.70. The summed E-state index contributed by atoms with van der Waals surface area (Å²) in [5.74, 6) is 1.26. The molecule has 0 saturated carbocycles. The molecule has 1 aliphatic rings. The third-order valence-electron chi connectivity index (χ3n) is 3.74. The molecule has 0 unspecified atom stereocenters. The number of carbonyl (C=O) groups is 2. The van der Waals surface area contributed by atoms with E-state index in [4.69, 9.17) is 16.3 Å². The molecule has 2 rings (SSSR count). The monoisotopic (exact) mass is 323 g/mol. The van der Waals surface area contributed by atoms with Crippen LogP contribution in [0, 0.1) is 5.92 Å². The van der Waals surface area contributed by atoms with Gasteiger partial charge in [-0.05, 0) is 35.7 Å². The summed E-state index contributed by atoms with van der Waals surface area (Å²) in [5.41, 5.74) is 0.434. The number of hydrogen-bond acceptors (Lipinski definition) is 3. The van der Waals surface area contributed by atoms with Crippen LogP contribution in [0.2, 0.25) is 0 Å². The van der Waals surface area contributed by atoms with Crippen molar-refractivity contribution in [3.8, 4) is 5.75 Å². The summed E-state index contributed by atoms with van der Waals surface area (Å²) in [6.07, 6.45) is 2.29. The van der Waals surface area contributed by atoms with Crippen molar-refractivity contribution in [1.82, 2.24) is 4.90 Å². The van der Waals surface area contributed by atoms with Gasteiger partial charge in [-0.2, -0.15) is 0 Å². The van der Waals surface area contributed by atoms with Crippen molar-refractivity contribution >= 4 is 22.8 Å². The van der Waals surface area contributed by atoms with Gasteiger partial charge in [0.15, 0.2) is 0 Å². The predicted molar refractivity (Wildman–Crippen MR) is 86.3 cm³/mol. The van der Waals surface area contributed by atoms with Crippen molar-refractivity contribution in [3.63, 3.8) is 0 Å². The van der Waals surface area contributed by atoms with E-state index < -0.39 is 5.24 Å². The van der Waals surface area contributed by atoms with Gasteiger partial charge in [0.05, 0.1) is 0 Å². The first kappa shape index (κ1) is 16.8. The Hall–Kier alpha value is -1.55. The molecule has 5 heteroatoms. The van der Waals surface area contributed by atoms with Crippen molar-refractivity contribution in [2.45, 2.75) is 39.2 Å². The highest BCUT2D eigenvalue weighted by atomic mass is 35.5. The molecule has 0 N–H and O–H groups in total. The second-order valence-corrected chi connectivity index (χ2v) is 6.44. The molecular formula is C17H22ClNO3. The highest BCUT2D eigenvalue weighted by Crippen LogP contribution is 2.21. The summed E-state index contributed by atoms with van der Waals surface area (Å²) in [5, 5.41) is -0.487. The molecule has 0 aromatic heterocycles. The third-order valence-corrected chi connectivity index (χ3v) is 3.96. The summed E-state index contributed by atoms with van der Waals surface area (Å²) in [6.45, 7) is 5.56. The topological polar surface area (TPSA) is 46.6 Å². The van der Waals surface area contributed by atoms with Gasteiger partial charge in [-0.3, -0.25) is 9.59 Å². The average molecular weight is 324 g/mol. The lowest BCUT2D eigenvalue weighted by Gasteiger charge is -2.32. The van der Waals surface area contributed by atoms with E-state index in [0.29, 0.717) is 23.7 Å². The molecule has 1 aromatic rings. The molecule has 1 aliphatic heterocycles. The highest BCUT2D eigenvalue weighted by Gasteiger charge is 2.24. The normalized spacial score (nSPS) is 15.9. The number of ether oxygens (including phenoxy) is 1. The van der Waals surface area contributed by atoms with E-state index in [1.54, 1.807) is 18.2 Å². The standard InChI is InChI=1S/C17H22ClNO3/c1-12(2)10-16(20)19-8-6-14(7-9-19)22-15-5-3-4-13(11-15)17(18)21/h3-5,11-12,14H,6-10H2,1-2H3. The fraction of sp³-hybridized carbons (Fsp3) is 0.529. The Morgan fingerprint density at radius 2 is 2.00 bits per heavy atom. The van der Waals surface area contributed by atoms with Crippen LogP contribution in [-0.2, 0) is 4.79 Å². The molecule has 1 heterocycles. The Bertz CT molecular complexity index is 536. The van der Waals surface area contributed by atoms with Gasteiger partial charge < -0.3 is 9.64 Å². The van der Waals surface area contributed by atoms with Crippen LogP contribution in [0.4, 0.5) is 0 Å². The average Bonchev–Trinajstić information content (AvgIpc) is 2.47. The maximum Gasteiger partial charge on any atom is 0.252 e. The number of piperidine rings is 1. The predicted octanol–water partition coefficient (Wildman–Crippen LogP) is 3.48. The second-order valence-electron chi connectivity index (χ2n) is 6.10. The van der Waals surface area contributed by atoms with Crippen LogP contribution < -0.4 is 4.74 Å². The number of hydrogen-bond donors (Lipinski definition) is 0. The van der Waals surface area contributed by atoms with Gasteiger partial charge in [0.1, 0.15) is 11.9 Å². The first-order chi connectivity index (χ1) is 10.5. The Morgan fingerprint density at radius 3 is 2.59 bits per heavy atom. The van der Waals surface area contributed by atoms with Crippen molar-refractivity contribution in [2.24, 2.45) is 5.92 Å². The smallest absolute Gasteiger partial charge is 0.252 e. The Balaban J connectivity index is 1.86. The van der Waals surface area contributed by atoms with Gasteiger partial charge in [-0.25, -0.2) is 0 Å². The van der Waals surface area contributed by atoms with E-state index in [9.17, 15) is 9.59 Å². The minimum atomic E-state index is -0.487. The zero-order valence-corrected chi connectivity index (χ0v) is 13.8. The number of halogens is 1. The zero-order chi connectivity index (χ0) is 16.1. The molecule has 1 amide bonds. The molecule has 0 spiro atoms. The number of rotatable bonds is 5. The summed E-state index contributed by atoms with van der Waals surface area (Å²) >= 11 is 5.47. The van der Waals surface area contributed by atoms with Crippen LogP contribution in [0.3, 0.4) is 0 Å². The SMILES string of the molecule is CC(C)CC(=O)N1CCC(Oc2cccc(C(=O)Cl)c2)CC1. The molecule has 0 radical (unpaired) electrons. The van der Waals surface area contributed by atoms with Gasteiger partial charge in [-0.1, -0.05) is 19.9 Å². The molecule has 120 valence electrons. The lowest BCUT2D eigenvalue weighted by Crippen LogP contribution is -2.42. The quantitative estimate of drug-likeness (QED) is 0.779. The lowest BCUT2D eigenvalue weighted by molar-refractivity contribution is -0.133. The van der Waals surface area contributed by atoms with Gasteiger partial charge in [0.2, 0.25) is 5.91 Å². The summed E-state index contributed by atoms with van der Waals surface area (Å²) in [6, 6.07) is 6.90. The highest BCUT2D eigenvalue weighted by molar-refractivity contribution is 6.67. The molecule has 0 aliphatic carbocycles. The van der Waals surface area contributed by atoms with E-state index in [1.165, 1.54) is 0 Å². The van der Waals surface area contributed by atoms with Crippen molar-refractivity contribution in [1.29, 1.82) is 0 Å². The molecule has 1 fully saturated rings. The van der Waals surface area contributed by atoms with Crippen LogP contribution in [0.15, 0.2) is 24.3 Å². The molecule has 1 aromatic carbocycles. The van der Waals surface area contributed by atoms with Crippen molar-refractivity contribution < 1.29 is 14.3 Å². The third kappa shape index (κ3) is 4.73. The molecule has 0 atom stereocenters. The van der Waals surface area contributed by atoms with E-state index in [1.807, 2.05) is 11.0 Å². The second kappa shape index (κ2) is 7.63. The molecular weight excluding hydrogens is 302 g/mol. The van der Waals surface area contributed by atoms with E-state index in [-0.39, 0.29) is 12.0 Å². The van der Waals surface area contributed by atoms with Crippen molar-refractivity contribution in [2.75, 3.05) is 13.1 Å². The Morgan fingerprint density at radius 1 is 1.32 bits per heavy atom. The van der Waals surface area contributed by atoms with Crippen LogP contribution in [0.5, 0.6) is 5.75 Å². The molecule has 1 saturated heterocycles. The van der Waals surface area contributed by atoms with Crippen LogP contribution in [0.1, 0.15) is 43.5 Å². The zero-order valence-electron chi connectivity index (χ0n) is 13.0. The van der Waals surface area contributed by atoms with Crippen molar-refractivity contribution in [3.05, 3.63) is 29.8 Å². The lowest BCUT2D eigenvalue weighted by atomic mass is 10.0. The number of benzene rings is 1. The van der Waals surface area contributed by atoms with E-state index in [2.05, 4.69) is 13.8 Å². The number of amides is 1. The van der Waals surface area contributed by atoms with E-state index in [0.717, 1.165) is 25.9 Å². The maximum absolute atomic E-state index is 12.0. The minimum absolute atomic E-state index is 0.0729. The fourth-order valence-electron chi connectivity index (χ4n) is 2.59. The van der Waals surface area contributed by atoms with Crippen LogP contribution in [0.25, 0.3) is 0 Å². The first-order valence-electron chi connectivity index (χ1n) is 7.70. The van der Waals surface area contributed by atoms with Gasteiger partial charge in [0, 0.05) is 37.9 Å². The number of carbonyl (C=O) groups excluding carboxylic acids is 2. The first-order valence-corrected chi connectivity index (χ1v) is 8.08. The van der Waals surface area contributed by atoms with E-state index >= 15 is 0 Å². The number of likely N-dealkylation sites (tertiary alicyclic amines) is 1. The minimum Gasteiger partial charge on any atom is -0.490 e. The van der Waals surface area contributed by atoms with Gasteiger partial charge in [0.25, 0.3) is 5.24 Å². The molecule has 4 nitrogen and oxygen atoms in total. The summed E-state index contributed by atoms with van der Waals surface area (Å²) in [4.78, 5) is 25.1. The van der Waals surface area contributed by atoms with Gasteiger partial charge >= 0.3 is 0 Å². The molecule has 0 bridgehead atoms. The molecule has 22 heavy (non-hydrogen) atoms. The van der Waals surface area contributed by atoms with Crippen LogP contribution >= 0.6 is 11.6 Å². The Kier molecular flexibility index (Phi) is 5.83. The summed E-state index contributed by atoms with van der Waals surface area (Å²) in [7, 11) is 0.